The number of alkyl halides is 3. The van der Waals surface area contributed by atoms with Crippen molar-refractivity contribution in [2.24, 2.45) is 0 Å². The predicted molar refractivity (Wildman–Crippen MR) is 83.8 cm³/mol. The maximum absolute atomic E-state index is 12.1. The van der Waals surface area contributed by atoms with E-state index in [1.54, 1.807) is 19.1 Å². The summed E-state index contributed by atoms with van der Waals surface area (Å²) < 4.78 is 39.0. The van der Waals surface area contributed by atoms with E-state index < -0.39 is 31.0 Å². The fourth-order valence-electron chi connectivity index (χ4n) is 2.16. The molecule has 1 aromatic carbocycles. The Hall–Kier alpha value is -1.74. The molecule has 9 heteroatoms. The van der Waals surface area contributed by atoms with E-state index in [0.717, 1.165) is 16.6 Å². The van der Waals surface area contributed by atoms with Crippen LogP contribution < -0.4 is 10.0 Å². The molecule has 1 aromatic heterocycles. The number of halogens is 3. The summed E-state index contributed by atoms with van der Waals surface area (Å²) in [4.78, 5) is 19.0. The molecule has 126 valence electrons. The number of nitrogens with zero attached hydrogens (tertiary/aromatic N) is 1. The van der Waals surface area contributed by atoms with Crippen molar-refractivity contribution in [3.05, 3.63) is 29.6 Å². The number of H-pyrrole nitrogens is 1. The molecule has 0 fully saturated rings. The average molecular weight is 346 g/mol. The summed E-state index contributed by atoms with van der Waals surface area (Å²) >= 11 is 3.91. The second-order valence-corrected chi connectivity index (χ2v) is 5.52. The molecule has 2 aromatic rings. The normalized spacial score (nSPS) is 13.3. The molecule has 23 heavy (non-hydrogen) atoms. The Morgan fingerprint density at radius 3 is 2.83 bits per heavy atom. The van der Waals surface area contributed by atoms with E-state index in [1.165, 1.54) is 0 Å². The van der Waals surface area contributed by atoms with Gasteiger partial charge in [0.15, 0.2) is 0 Å². The van der Waals surface area contributed by atoms with Crippen molar-refractivity contribution < 1.29 is 18.0 Å². The van der Waals surface area contributed by atoms with Gasteiger partial charge in [0, 0.05) is 6.42 Å². The van der Waals surface area contributed by atoms with Gasteiger partial charge in [0.2, 0.25) is 5.91 Å². The second kappa shape index (κ2) is 7.22. The number of rotatable bonds is 6. The van der Waals surface area contributed by atoms with Gasteiger partial charge in [-0.25, -0.2) is 4.98 Å². The van der Waals surface area contributed by atoms with Gasteiger partial charge in [-0.3, -0.25) is 9.52 Å². The van der Waals surface area contributed by atoms with Crippen LogP contribution in [0.2, 0.25) is 0 Å². The van der Waals surface area contributed by atoms with Gasteiger partial charge in [0.25, 0.3) is 0 Å². The zero-order valence-electron chi connectivity index (χ0n) is 12.4. The number of aromatic nitrogens is 2. The first-order chi connectivity index (χ1) is 10.8. The Labute approximate surface area is 136 Å². The fourth-order valence-corrected chi connectivity index (χ4v) is 2.31. The lowest BCUT2D eigenvalue weighted by atomic mass is 10.1. The summed E-state index contributed by atoms with van der Waals surface area (Å²) in [6.07, 6.45) is -6.02. The molecular weight excluding hydrogens is 329 g/mol. The molecule has 0 aliphatic heterocycles. The number of thiol groups is 1. The van der Waals surface area contributed by atoms with Gasteiger partial charge in [-0.2, -0.15) is 13.2 Å². The van der Waals surface area contributed by atoms with Crippen molar-refractivity contribution >= 4 is 29.8 Å². The van der Waals surface area contributed by atoms with Crippen LogP contribution >= 0.6 is 12.8 Å². The van der Waals surface area contributed by atoms with Gasteiger partial charge >= 0.3 is 6.18 Å². The Morgan fingerprint density at radius 1 is 1.43 bits per heavy atom. The molecule has 0 aliphatic rings. The highest BCUT2D eigenvalue weighted by Crippen LogP contribution is 2.22. The van der Waals surface area contributed by atoms with Crippen LogP contribution in [0.25, 0.3) is 11.0 Å². The number of nitrogens with one attached hydrogen (secondary N) is 3. The van der Waals surface area contributed by atoms with Gasteiger partial charge < -0.3 is 10.3 Å². The first-order valence-corrected chi connectivity index (χ1v) is 7.45. The standard InChI is InChI=1S/C14H17F3N4OS/c1-8(19-13(22)4-5-14(15,16)17)9-2-3-10-11(6-9)21-12(20-10)7-18-23/h2-3,6,8,18,23H,4-5,7H2,1H3,(H,19,22)(H,20,21). The van der Waals surface area contributed by atoms with Crippen molar-refractivity contribution in [3.63, 3.8) is 0 Å². The second-order valence-electron chi connectivity index (χ2n) is 5.20. The third-order valence-electron chi connectivity index (χ3n) is 3.31. The van der Waals surface area contributed by atoms with E-state index in [2.05, 4.69) is 32.8 Å². The first-order valence-electron chi connectivity index (χ1n) is 7.00. The highest BCUT2D eigenvalue weighted by Gasteiger charge is 2.28. The van der Waals surface area contributed by atoms with Crippen LogP contribution in [0, 0.1) is 0 Å². The molecule has 1 heterocycles. The highest BCUT2D eigenvalue weighted by atomic mass is 32.1. The lowest BCUT2D eigenvalue weighted by molar-refractivity contribution is -0.144. The lowest BCUT2D eigenvalue weighted by Crippen LogP contribution is -2.27. The molecule has 5 nitrogen and oxygen atoms in total. The quantitative estimate of drug-likeness (QED) is 0.608. The van der Waals surface area contributed by atoms with Gasteiger partial charge in [-0.05, 0) is 24.6 Å². The molecule has 0 spiro atoms. The van der Waals surface area contributed by atoms with Crippen LogP contribution in [0.15, 0.2) is 18.2 Å². The first kappa shape index (κ1) is 17.6. The SMILES string of the molecule is CC(NC(=O)CCC(F)(F)F)c1ccc2nc(CNS)[nH]c2c1. The summed E-state index contributed by atoms with van der Waals surface area (Å²) in [5.41, 5.74) is 2.34. The van der Waals surface area contributed by atoms with Gasteiger partial charge in [-0.15, -0.1) is 0 Å². The minimum Gasteiger partial charge on any atom is -0.350 e. The maximum atomic E-state index is 12.1. The minimum absolute atomic E-state index is 0.394. The number of hydrogen-bond acceptors (Lipinski definition) is 4. The Kier molecular flexibility index (Phi) is 5.53. The summed E-state index contributed by atoms with van der Waals surface area (Å²) in [6, 6.07) is 5.01. The summed E-state index contributed by atoms with van der Waals surface area (Å²) in [6.45, 7) is 2.19. The van der Waals surface area contributed by atoms with Gasteiger partial charge in [-0.1, -0.05) is 18.9 Å². The van der Waals surface area contributed by atoms with Crippen LogP contribution in [0.5, 0.6) is 0 Å². The number of benzene rings is 1. The van der Waals surface area contributed by atoms with Crippen LogP contribution in [0.4, 0.5) is 13.2 Å². The smallest absolute Gasteiger partial charge is 0.350 e. The number of carbonyl (C=O) groups is 1. The molecule has 0 saturated carbocycles. The lowest BCUT2D eigenvalue weighted by Gasteiger charge is -2.15. The van der Waals surface area contributed by atoms with Crippen molar-refractivity contribution in [1.29, 1.82) is 0 Å². The van der Waals surface area contributed by atoms with Crippen LogP contribution in [0.1, 0.15) is 37.2 Å². The Balaban J connectivity index is 2.02. The molecule has 2 rings (SSSR count). The van der Waals surface area contributed by atoms with E-state index in [0.29, 0.717) is 12.4 Å². The van der Waals surface area contributed by atoms with Gasteiger partial charge in [0.1, 0.15) is 5.82 Å². The number of aromatic amines is 1. The van der Waals surface area contributed by atoms with Crippen LogP contribution in [-0.2, 0) is 11.3 Å². The molecule has 0 aliphatic carbocycles. The predicted octanol–water partition coefficient (Wildman–Crippen LogP) is 3.02. The minimum atomic E-state index is -4.33. The molecule has 0 bridgehead atoms. The van der Waals surface area contributed by atoms with Crippen molar-refractivity contribution in [1.82, 2.24) is 20.0 Å². The molecule has 1 unspecified atom stereocenters. The van der Waals surface area contributed by atoms with Crippen LogP contribution in [0.3, 0.4) is 0 Å². The molecule has 3 N–H and O–H groups in total. The number of imidazole rings is 1. The third kappa shape index (κ3) is 5.14. The average Bonchev–Trinajstić information content (AvgIpc) is 2.86. The Morgan fingerprint density at radius 2 is 2.17 bits per heavy atom. The van der Waals surface area contributed by atoms with E-state index in [-0.39, 0.29) is 0 Å². The molecule has 1 amide bonds. The van der Waals surface area contributed by atoms with Gasteiger partial charge in [0.05, 0.1) is 30.0 Å². The number of carbonyl (C=O) groups excluding carboxylic acids is 1. The van der Waals surface area contributed by atoms with E-state index >= 15 is 0 Å². The monoisotopic (exact) mass is 346 g/mol. The third-order valence-corrected chi connectivity index (χ3v) is 3.47. The van der Waals surface area contributed by atoms with Crippen molar-refractivity contribution in [2.75, 3.05) is 0 Å². The number of fused-ring (bicyclic) bond motifs is 1. The van der Waals surface area contributed by atoms with E-state index in [1.807, 2.05) is 6.07 Å². The maximum Gasteiger partial charge on any atom is 0.389 e. The van der Waals surface area contributed by atoms with E-state index in [4.69, 9.17) is 0 Å². The zero-order valence-corrected chi connectivity index (χ0v) is 13.3. The topological polar surface area (TPSA) is 69.8 Å². The fraction of sp³-hybridized carbons (Fsp3) is 0.429. The molecule has 0 saturated heterocycles. The van der Waals surface area contributed by atoms with E-state index in [9.17, 15) is 18.0 Å². The zero-order chi connectivity index (χ0) is 17.0. The summed E-state index contributed by atoms with van der Waals surface area (Å²) in [5, 5.41) is 2.57. The summed E-state index contributed by atoms with van der Waals surface area (Å²) in [7, 11) is 0. The van der Waals surface area contributed by atoms with Crippen molar-refractivity contribution in [2.45, 2.75) is 38.5 Å². The largest absolute Gasteiger partial charge is 0.389 e. The molecule has 0 radical (unpaired) electrons. The highest BCUT2D eigenvalue weighted by molar-refractivity contribution is 7.78. The van der Waals surface area contributed by atoms with Crippen molar-refractivity contribution in [3.8, 4) is 0 Å². The van der Waals surface area contributed by atoms with Crippen LogP contribution in [-0.4, -0.2) is 22.1 Å². The number of amides is 1. The summed E-state index contributed by atoms with van der Waals surface area (Å²) in [5.74, 6) is 0.0912. The molecule has 1 atom stereocenters. The Bertz CT molecular complexity index is 686. The number of hydrogen-bond donors (Lipinski definition) is 4. The molecular formula is C14H17F3N4OS.